The van der Waals surface area contributed by atoms with E-state index in [0.717, 1.165) is 5.56 Å². The molecule has 2 atom stereocenters. The lowest BCUT2D eigenvalue weighted by Crippen LogP contribution is -2.48. The fourth-order valence-corrected chi connectivity index (χ4v) is 4.36. The Hall–Kier alpha value is -3.56. The summed E-state index contributed by atoms with van der Waals surface area (Å²) in [7, 11) is 1.79. The largest absolute Gasteiger partial charge is 0.389 e. The number of aromatic nitrogens is 3. The molecule has 5 rings (SSSR count). The lowest BCUT2D eigenvalue weighted by atomic mass is 10.1. The predicted octanol–water partition coefficient (Wildman–Crippen LogP) is 3.25. The molecule has 2 N–H and O–H groups in total. The summed E-state index contributed by atoms with van der Waals surface area (Å²) in [5.74, 6) is -1.44. The van der Waals surface area contributed by atoms with Crippen molar-refractivity contribution in [2.75, 3.05) is 13.2 Å². The number of nitrogens with one attached hydrogen (secondary N) is 1. The summed E-state index contributed by atoms with van der Waals surface area (Å²) >= 11 is 0. The summed E-state index contributed by atoms with van der Waals surface area (Å²) in [5.41, 5.74) is 2.52. The van der Waals surface area contributed by atoms with Crippen LogP contribution in [0.1, 0.15) is 22.3 Å². The van der Waals surface area contributed by atoms with E-state index in [4.69, 9.17) is 4.74 Å². The molecule has 1 fully saturated rings. The Morgan fingerprint density at radius 1 is 1.21 bits per heavy atom. The van der Waals surface area contributed by atoms with Crippen molar-refractivity contribution in [3.8, 4) is 11.1 Å². The number of nitrogens with zero attached hydrogens (tertiary/aromatic N) is 3. The lowest BCUT2D eigenvalue weighted by molar-refractivity contribution is -0.0260. The molecule has 34 heavy (non-hydrogen) atoms. The van der Waals surface area contributed by atoms with Crippen molar-refractivity contribution < 1.29 is 23.4 Å². The summed E-state index contributed by atoms with van der Waals surface area (Å²) in [6.45, 7) is 0.675. The molecule has 0 saturated carbocycles. The van der Waals surface area contributed by atoms with Crippen LogP contribution in [-0.2, 0) is 18.3 Å². The third kappa shape index (κ3) is 4.20. The van der Waals surface area contributed by atoms with Gasteiger partial charge in [0.2, 0.25) is 0 Å². The monoisotopic (exact) mass is 466 g/mol. The maximum atomic E-state index is 15.0. The van der Waals surface area contributed by atoms with Gasteiger partial charge >= 0.3 is 0 Å². The molecule has 0 bridgehead atoms. The van der Waals surface area contributed by atoms with E-state index in [1.54, 1.807) is 46.9 Å². The third-order valence-electron chi connectivity index (χ3n) is 6.17. The first-order valence-corrected chi connectivity index (χ1v) is 11.0. The molecule has 1 amide bonds. The zero-order valence-electron chi connectivity index (χ0n) is 18.5. The van der Waals surface area contributed by atoms with Crippen LogP contribution in [0.5, 0.6) is 0 Å². The summed E-state index contributed by atoms with van der Waals surface area (Å²) in [4.78, 5) is 13.0. The van der Waals surface area contributed by atoms with Crippen LogP contribution in [0.15, 0.2) is 55.0 Å². The van der Waals surface area contributed by atoms with Crippen LogP contribution in [0.3, 0.4) is 0 Å². The molecule has 0 spiro atoms. The zero-order chi connectivity index (χ0) is 23.8. The fourth-order valence-electron chi connectivity index (χ4n) is 4.36. The van der Waals surface area contributed by atoms with Crippen LogP contribution >= 0.6 is 0 Å². The molecule has 2 aromatic heterocycles. The van der Waals surface area contributed by atoms with Gasteiger partial charge in [0.05, 0.1) is 42.6 Å². The van der Waals surface area contributed by atoms with E-state index in [1.165, 1.54) is 18.3 Å². The minimum absolute atomic E-state index is 0.117. The van der Waals surface area contributed by atoms with Crippen molar-refractivity contribution in [1.29, 1.82) is 0 Å². The van der Waals surface area contributed by atoms with E-state index in [1.807, 2.05) is 6.07 Å². The number of benzene rings is 2. The number of hydrogen-bond acceptors (Lipinski definition) is 4. The van der Waals surface area contributed by atoms with Crippen LogP contribution in [0.4, 0.5) is 8.78 Å². The molecule has 0 aliphatic carbocycles. The second kappa shape index (κ2) is 9.00. The zero-order valence-corrected chi connectivity index (χ0v) is 18.5. The molecular weight excluding hydrogens is 442 g/mol. The van der Waals surface area contributed by atoms with E-state index in [2.05, 4.69) is 10.4 Å². The van der Waals surface area contributed by atoms with Crippen LogP contribution in [0, 0.1) is 11.6 Å². The first-order chi connectivity index (χ1) is 16.4. The van der Waals surface area contributed by atoms with Gasteiger partial charge in [-0.05, 0) is 30.2 Å². The van der Waals surface area contributed by atoms with Crippen LogP contribution in [0.25, 0.3) is 22.0 Å². The van der Waals surface area contributed by atoms with E-state index in [9.17, 15) is 18.7 Å². The fraction of sp³-hybridized carbons (Fsp3) is 0.280. The highest BCUT2D eigenvalue weighted by atomic mass is 19.1. The molecule has 9 heteroatoms. The van der Waals surface area contributed by atoms with Gasteiger partial charge in [0.1, 0.15) is 11.6 Å². The average Bonchev–Trinajstić information content (AvgIpc) is 3.41. The van der Waals surface area contributed by atoms with Crippen molar-refractivity contribution in [2.24, 2.45) is 7.05 Å². The minimum atomic E-state index is -0.830. The summed E-state index contributed by atoms with van der Waals surface area (Å²) < 4.78 is 38.3. The van der Waals surface area contributed by atoms with E-state index in [-0.39, 0.29) is 24.1 Å². The van der Waals surface area contributed by atoms with Gasteiger partial charge in [-0.2, -0.15) is 5.10 Å². The van der Waals surface area contributed by atoms with E-state index >= 15 is 0 Å². The molecule has 1 saturated heterocycles. The summed E-state index contributed by atoms with van der Waals surface area (Å²) in [6.07, 6.45) is 4.63. The van der Waals surface area contributed by atoms with E-state index < -0.39 is 29.7 Å². The standard InChI is InChI=1S/C25H24F2N4O3/c1-30-11-17(10-28-30)15-5-6-16(20(27)9-15)12-31-13-18(24-19(26)3-2-4-22(24)31)25(33)29-21-7-8-34-14-23(21)32/h2-6,9-11,13,21,23,32H,7-8,12,14H2,1H3,(H,29,33). The Kier molecular flexibility index (Phi) is 5.89. The van der Waals surface area contributed by atoms with Crippen LogP contribution in [0.2, 0.25) is 0 Å². The molecule has 1 aliphatic heterocycles. The highest BCUT2D eigenvalue weighted by molar-refractivity contribution is 6.07. The Morgan fingerprint density at radius 2 is 2.06 bits per heavy atom. The van der Waals surface area contributed by atoms with Gasteiger partial charge in [0.25, 0.3) is 5.91 Å². The molecule has 176 valence electrons. The van der Waals surface area contributed by atoms with Gasteiger partial charge in [-0.1, -0.05) is 18.2 Å². The van der Waals surface area contributed by atoms with Crippen molar-refractivity contribution in [3.05, 3.63) is 77.8 Å². The molecule has 3 heterocycles. The van der Waals surface area contributed by atoms with Gasteiger partial charge in [0, 0.05) is 42.6 Å². The number of amides is 1. The Morgan fingerprint density at radius 3 is 2.79 bits per heavy atom. The van der Waals surface area contributed by atoms with Crippen molar-refractivity contribution >= 4 is 16.8 Å². The number of aliphatic hydroxyl groups excluding tert-OH is 1. The number of rotatable bonds is 5. The molecule has 2 aromatic carbocycles. The van der Waals surface area contributed by atoms with Gasteiger partial charge < -0.3 is 19.7 Å². The molecule has 4 aromatic rings. The number of fused-ring (bicyclic) bond motifs is 1. The molecule has 1 aliphatic rings. The topological polar surface area (TPSA) is 81.3 Å². The molecular formula is C25H24F2N4O3. The van der Waals surface area contributed by atoms with Crippen LogP contribution < -0.4 is 5.32 Å². The second-order valence-corrected chi connectivity index (χ2v) is 8.52. The SMILES string of the molecule is Cn1cc(-c2ccc(Cn3cc(C(=O)NC4CCOCC4O)c4c(F)cccc43)c(F)c2)cn1. The maximum Gasteiger partial charge on any atom is 0.253 e. The lowest BCUT2D eigenvalue weighted by Gasteiger charge is -2.28. The maximum absolute atomic E-state index is 15.0. The Balaban J connectivity index is 1.46. The minimum Gasteiger partial charge on any atom is -0.389 e. The first-order valence-electron chi connectivity index (χ1n) is 11.0. The number of halogens is 2. The number of aryl methyl sites for hydroxylation is 1. The predicted molar refractivity (Wildman–Crippen MR) is 122 cm³/mol. The van der Waals surface area contributed by atoms with Gasteiger partial charge in [-0.15, -0.1) is 0 Å². The number of carbonyl (C=O) groups excluding carboxylic acids is 1. The molecule has 0 radical (unpaired) electrons. The van der Waals surface area contributed by atoms with E-state index in [0.29, 0.717) is 29.7 Å². The normalized spacial score (nSPS) is 18.4. The highest BCUT2D eigenvalue weighted by Gasteiger charge is 2.27. The van der Waals surface area contributed by atoms with Crippen molar-refractivity contribution in [3.63, 3.8) is 0 Å². The Labute approximate surface area is 194 Å². The van der Waals surface area contributed by atoms with Gasteiger partial charge in [-0.3, -0.25) is 9.48 Å². The molecule has 2 unspecified atom stereocenters. The van der Waals surface area contributed by atoms with Crippen molar-refractivity contribution in [2.45, 2.75) is 25.1 Å². The number of hydrogen-bond donors (Lipinski definition) is 2. The number of aliphatic hydroxyl groups is 1. The second-order valence-electron chi connectivity index (χ2n) is 8.52. The molecule has 7 nitrogen and oxygen atoms in total. The average molecular weight is 466 g/mol. The number of ether oxygens (including phenoxy) is 1. The first kappa shape index (κ1) is 22.2. The summed E-state index contributed by atoms with van der Waals surface area (Å²) in [6, 6.07) is 8.99. The third-order valence-corrected chi connectivity index (χ3v) is 6.17. The Bertz CT molecular complexity index is 1360. The summed E-state index contributed by atoms with van der Waals surface area (Å²) in [5, 5.41) is 17.2. The smallest absolute Gasteiger partial charge is 0.253 e. The van der Waals surface area contributed by atoms with Gasteiger partial charge in [0.15, 0.2) is 0 Å². The highest BCUT2D eigenvalue weighted by Crippen LogP contribution is 2.27. The quantitative estimate of drug-likeness (QED) is 0.473. The van der Waals surface area contributed by atoms with Crippen molar-refractivity contribution in [1.82, 2.24) is 19.7 Å². The number of carbonyl (C=O) groups is 1. The van der Waals surface area contributed by atoms with Gasteiger partial charge in [-0.25, -0.2) is 8.78 Å². The van der Waals surface area contributed by atoms with Crippen LogP contribution in [-0.4, -0.2) is 50.7 Å².